The number of halogens is 3. The van der Waals surface area contributed by atoms with Crippen LogP contribution in [-0.4, -0.2) is 31.4 Å². The average Bonchev–Trinajstić information content (AvgIpc) is 3.27. The fraction of sp³-hybridized carbons (Fsp3) is 0.368. The van der Waals surface area contributed by atoms with Crippen LogP contribution in [0.5, 0.6) is 0 Å². The van der Waals surface area contributed by atoms with Crippen molar-refractivity contribution in [1.82, 2.24) is 24.9 Å². The minimum atomic E-state index is -4.33. The molecule has 142 valence electrons. The first-order valence-corrected chi connectivity index (χ1v) is 8.91. The molecule has 0 radical (unpaired) electrons. The predicted molar refractivity (Wildman–Crippen MR) is 94.7 cm³/mol. The van der Waals surface area contributed by atoms with Gasteiger partial charge in [0.25, 0.3) is 0 Å². The molecule has 5 nitrogen and oxygen atoms in total. The van der Waals surface area contributed by atoms with E-state index in [1.54, 1.807) is 0 Å². The van der Waals surface area contributed by atoms with Crippen LogP contribution in [0, 0.1) is 0 Å². The SMILES string of the molecule is CCn1cc(CN2CCc3[nH]nc(-c4ccc(C(F)(F)F)cc4)c3C2)cn1. The lowest BCUT2D eigenvalue weighted by molar-refractivity contribution is -0.137. The number of hydrogen-bond donors (Lipinski definition) is 1. The van der Waals surface area contributed by atoms with Crippen LogP contribution in [0.4, 0.5) is 13.2 Å². The third kappa shape index (κ3) is 3.62. The summed E-state index contributed by atoms with van der Waals surface area (Å²) in [6, 6.07) is 5.19. The number of aryl methyl sites for hydroxylation is 1. The second-order valence-corrected chi connectivity index (χ2v) is 6.77. The molecular formula is C19H20F3N5. The van der Waals surface area contributed by atoms with Gasteiger partial charge in [-0.2, -0.15) is 23.4 Å². The van der Waals surface area contributed by atoms with E-state index in [4.69, 9.17) is 0 Å². The maximum absolute atomic E-state index is 12.8. The molecule has 0 aliphatic carbocycles. The molecule has 3 heterocycles. The molecule has 0 unspecified atom stereocenters. The van der Waals surface area contributed by atoms with Crippen molar-refractivity contribution < 1.29 is 13.2 Å². The Hall–Kier alpha value is -2.61. The molecular weight excluding hydrogens is 355 g/mol. The Bertz CT molecular complexity index is 924. The van der Waals surface area contributed by atoms with Gasteiger partial charge in [-0.05, 0) is 19.1 Å². The number of hydrogen-bond acceptors (Lipinski definition) is 3. The number of aromatic amines is 1. The standard InChI is InChI=1S/C19H20F3N5/c1-2-27-11-13(9-23-27)10-26-8-7-17-16(12-26)18(25-24-17)14-3-5-15(6-4-14)19(20,21)22/h3-6,9,11H,2,7-8,10,12H2,1H3,(H,24,25). The molecule has 0 amide bonds. The van der Waals surface area contributed by atoms with E-state index in [1.165, 1.54) is 12.1 Å². The minimum Gasteiger partial charge on any atom is -0.294 e. The highest BCUT2D eigenvalue weighted by Gasteiger charge is 2.30. The van der Waals surface area contributed by atoms with Crippen LogP contribution in [0.2, 0.25) is 0 Å². The normalized spacial score (nSPS) is 15.1. The van der Waals surface area contributed by atoms with Gasteiger partial charge in [0.05, 0.1) is 17.5 Å². The maximum Gasteiger partial charge on any atom is 0.416 e. The van der Waals surface area contributed by atoms with Crippen LogP contribution in [0.25, 0.3) is 11.3 Å². The summed E-state index contributed by atoms with van der Waals surface area (Å²) >= 11 is 0. The smallest absolute Gasteiger partial charge is 0.294 e. The molecule has 0 atom stereocenters. The highest BCUT2D eigenvalue weighted by atomic mass is 19.4. The van der Waals surface area contributed by atoms with Crippen molar-refractivity contribution in [1.29, 1.82) is 0 Å². The molecule has 1 N–H and O–H groups in total. The number of alkyl halides is 3. The zero-order valence-corrected chi connectivity index (χ0v) is 14.9. The van der Waals surface area contributed by atoms with E-state index in [0.717, 1.165) is 60.7 Å². The molecule has 0 saturated heterocycles. The third-order valence-corrected chi connectivity index (χ3v) is 4.92. The number of benzene rings is 1. The lowest BCUT2D eigenvalue weighted by atomic mass is 10.00. The molecule has 1 aromatic carbocycles. The van der Waals surface area contributed by atoms with E-state index in [-0.39, 0.29) is 0 Å². The molecule has 8 heteroatoms. The van der Waals surface area contributed by atoms with Gasteiger partial charge >= 0.3 is 6.18 Å². The lowest BCUT2D eigenvalue weighted by Gasteiger charge is -2.26. The monoisotopic (exact) mass is 375 g/mol. The summed E-state index contributed by atoms with van der Waals surface area (Å²) in [5.74, 6) is 0. The highest BCUT2D eigenvalue weighted by Crippen LogP contribution is 2.33. The summed E-state index contributed by atoms with van der Waals surface area (Å²) in [5.41, 5.74) is 4.05. The fourth-order valence-corrected chi connectivity index (χ4v) is 3.46. The van der Waals surface area contributed by atoms with Gasteiger partial charge in [0.1, 0.15) is 0 Å². The van der Waals surface area contributed by atoms with Crippen LogP contribution in [-0.2, 0) is 32.2 Å². The molecule has 0 bridgehead atoms. The average molecular weight is 375 g/mol. The summed E-state index contributed by atoms with van der Waals surface area (Å²) in [4.78, 5) is 2.31. The van der Waals surface area contributed by atoms with Gasteiger partial charge in [-0.3, -0.25) is 14.7 Å². The molecule has 0 spiro atoms. The first-order valence-electron chi connectivity index (χ1n) is 8.91. The Morgan fingerprint density at radius 2 is 1.96 bits per heavy atom. The Labute approximate surface area is 154 Å². The number of fused-ring (bicyclic) bond motifs is 1. The highest BCUT2D eigenvalue weighted by molar-refractivity contribution is 5.64. The number of rotatable bonds is 4. The molecule has 2 aromatic heterocycles. The maximum atomic E-state index is 12.8. The summed E-state index contributed by atoms with van der Waals surface area (Å²) in [6.07, 6.45) is 0.432. The Morgan fingerprint density at radius 3 is 2.63 bits per heavy atom. The van der Waals surface area contributed by atoms with E-state index < -0.39 is 11.7 Å². The van der Waals surface area contributed by atoms with E-state index in [9.17, 15) is 13.2 Å². The molecule has 0 saturated carbocycles. The number of nitrogens with zero attached hydrogens (tertiary/aromatic N) is 4. The summed E-state index contributed by atoms with van der Waals surface area (Å²) < 4.78 is 40.3. The molecule has 4 rings (SSSR count). The molecule has 1 aliphatic rings. The largest absolute Gasteiger partial charge is 0.416 e. The first kappa shape index (κ1) is 17.8. The van der Waals surface area contributed by atoms with Crippen LogP contribution in [0.15, 0.2) is 36.7 Å². The third-order valence-electron chi connectivity index (χ3n) is 4.92. The quantitative estimate of drug-likeness (QED) is 0.753. The van der Waals surface area contributed by atoms with Gasteiger partial charge < -0.3 is 0 Å². The van der Waals surface area contributed by atoms with Crippen molar-refractivity contribution in [3.8, 4) is 11.3 Å². The lowest BCUT2D eigenvalue weighted by Crippen LogP contribution is -2.29. The van der Waals surface area contributed by atoms with Gasteiger partial charge in [-0.25, -0.2) is 0 Å². The molecule has 27 heavy (non-hydrogen) atoms. The van der Waals surface area contributed by atoms with Crippen LogP contribution in [0.1, 0.15) is 29.3 Å². The summed E-state index contributed by atoms with van der Waals surface area (Å²) in [7, 11) is 0. The van der Waals surface area contributed by atoms with Crippen LogP contribution < -0.4 is 0 Å². The van der Waals surface area contributed by atoms with Crippen molar-refractivity contribution in [3.63, 3.8) is 0 Å². The van der Waals surface area contributed by atoms with Crippen LogP contribution in [0.3, 0.4) is 0 Å². The van der Waals surface area contributed by atoms with Crippen molar-refractivity contribution in [2.75, 3.05) is 6.54 Å². The Morgan fingerprint density at radius 1 is 1.19 bits per heavy atom. The van der Waals surface area contributed by atoms with Gasteiger partial charge in [-0.1, -0.05) is 12.1 Å². The van der Waals surface area contributed by atoms with Crippen molar-refractivity contribution in [3.05, 3.63) is 59.0 Å². The minimum absolute atomic E-state index is 0.648. The summed E-state index contributed by atoms with van der Waals surface area (Å²) in [5, 5.41) is 11.7. The van der Waals surface area contributed by atoms with E-state index in [0.29, 0.717) is 12.1 Å². The van der Waals surface area contributed by atoms with Crippen LogP contribution >= 0.6 is 0 Å². The zero-order chi connectivity index (χ0) is 19.0. The van der Waals surface area contributed by atoms with Crippen molar-refractivity contribution >= 4 is 0 Å². The van der Waals surface area contributed by atoms with E-state index in [2.05, 4.69) is 20.2 Å². The summed E-state index contributed by atoms with van der Waals surface area (Å²) in [6.45, 7) is 5.28. The first-order chi connectivity index (χ1) is 12.9. The van der Waals surface area contributed by atoms with Gasteiger partial charge in [0, 0.05) is 61.2 Å². The second-order valence-electron chi connectivity index (χ2n) is 6.77. The van der Waals surface area contributed by atoms with Gasteiger partial charge in [0.2, 0.25) is 0 Å². The molecule has 1 aliphatic heterocycles. The predicted octanol–water partition coefficient (Wildman–Crippen LogP) is 3.87. The Kier molecular flexibility index (Phi) is 4.51. The Balaban J connectivity index is 1.54. The van der Waals surface area contributed by atoms with E-state index >= 15 is 0 Å². The molecule has 3 aromatic rings. The topological polar surface area (TPSA) is 49.7 Å². The van der Waals surface area contributed by atoms with Crippen molar-refractivity contribution in [2.24, 2.45) is 0 Å². The van der Waals surface area contributed by atoms with E-state index in [1.807, 2.05) is 24.0 Å². The second kappa shape index (κ2) is 6.84. The zero-order valence-electron chi connectivity index (χ0n) is 14.9. The fourth-order valence-electron chi connectivity index (χ4n) is 3.46. The number of H-pyrrole nitrogens is 1. The molecule has 0 fully saturated rings. The van der Waals surface area contributed by atoms with Gasteiger partial charge in [0.15, 0.2) is 0 Å². The number of nitrogens with one attached hydrogen (secondary N) is 1. The van der Waals surface area contributed by atoms with Crippen molar-refractivity contribution in [2.45, 2.75) is 39.2 Å². The van der Waals surface area contributed by atoms with Gasteiger partial charge in [-0.15, -0.1) is 0 Å². The number of aromatic nitrogens is 4.